The van der Waals surface area contributed by atoms with Crippen LogP contribution in [0.25, 0.3) is 0 Å². The lowest BCUT2D eigenvalue weighted by Crippen LogP contribution is -2.55. The first kappa shape index (κ1) is 26.6. The fourth-order valence-corrected chi connectivity index (χ4v) is 8.66. The third kappa shape index (κ3) is 5.95. The Hall–Kier alpha value is -1.42. The second kappa shape index (κ2) is 11.3. The second-order valence-corrected chi connectivity index (χ2v) is 13.5. The van der Waals surface area contributed by atoms with Crippen LogP contribution in [0, 0.1) is 5.41 Å². The number of carbonyl (C=O) groups is 2. The Morgan fingerprint density at radius 3 is 2.80 bits per heavy atom. The average Bonchev–Trinajstić information content (AvgIpc) is 3.00. The zero-order chi connectivity index (χ0) is 25.2. The molecule has 0 spiro atoms. The van der Waals surface area contributed by atoms with Gasteiger partial charge in [0, 0.05) is 28.6 Å². The second-order valence-electron chi connectivity index (χ2n) is 10.7. The number of aryl methyl sites for hydroxylation is 1. The first-order chi connectivity index (χ1) is 16.7. The molecule has 9 heteroatoms. The van der Waals surface area contributed by atoms with Crippen LogP contribution in [-0.4, -0.2) is 68.9 Å². The minimum Gasteiger partial charge on any atom is -0.343 e. The van der Waals surface area contributed by atoms with Crippen LogP contribution < -0.4 is 16.0 Å². The van der Waals surface area contributed by atoms with Crippen LogP contribution in [0.3, 0.4) is 0 Å². The molecule has 1 aliphatic carbocycles. The van der Waals surface area contributed by atoms with Crippen molar-refractivity contribution >= 4 is 34.4 Å². The maximum atomic E-state index is 13.7. The zero-order valence-corrected chi connectivity index (χ0v) is 23.0. The summed E-state index contributed by atoms with van der Waals surface area (Å²) in [5, 5.41) is 9.52. The van der Waals surface area contributed by atoms with Gasteiger partial charge >= 0.3 is 0 Å². The smallest absolute Gasteiger partial charge is 0.246 e. The van der Waals surface area contributed by atoms with E-state index in [0.717, 1.165) is 31.4 Å². The quantitative estimate of drug-likeness (QED) is 0.488. The number of fused-ring (bicyclic) bond motifs is 2. The molecule has 35 heavy (non-hydrogen) atoms. The molecule has 4 rings (SSSR count). The van der Waals surface area contributed by atoms with Crippen molar-refractivity contribution in [2.45, 2.75) is 82.4 Å². The number of likely N-dealkylation sites (N-methyl/N-ethyl adjacent to an activating group) is 1. The molecule has 2 aliphatic heterocycles. The molecule has 3 N–H and O–H groups in total. The number of amides is 2. The molecule has 0 aromatic heterocycles. The van der Waals surface area contributed by atoms with Gasteiger partial charge in [-0.3, -0.25) is 19.1 Å². The van der Waals surface area contributed by atoms with Gasteiger partial charge in [-0.15, -0.1) is 11.8 Å². The van der Waals surface area contributed by atoms with Gasteiger partial charge < -0.3 is 15.5 Å². The predicted molar refractivity (Wildman–Crippen MR) is 143 cm³/mol. The SMILES string of the molecule is CN[C@@H](C)C(=O)N[C@H]1CCS[C@H]2CC(C)(C)C(CS(=O)CN[C@@H]3CCCc4ccccc43)N2C1=O. The molecule has 2 amide bonds. The summed E-state index contributed by atoms with van der Waals surface area (Å²) >= 11 is 1.79. The van der Waals surface area contributed by atoms with E-state index in [9.17, 15) is 13.8 Å². The first-order valence-electron chi connectivity index (χ1n) is 12.8. The highest BCUT2D eigenvalue weighted by atomic mass is 32.2. The van der Waals surface area contributed by atoms with Crippen molar-refractivity contribution in [2.24, 2.45) is 5.41 Å². The number of rotatable bonds is 8. The van der Waals surface area contributed by atoms with Crippen LogP contribution in [0.15, 0.2) is 24.3 Å². The van der Waals surface area contributed by atoms with Crippen LogP contribution >= 0.6 is 11.8 Å². The number of thioether (sulfide) groups is 1. The maximum absolute atomic E-state index is 13.7. The van der Waals surface area contributed by atoms with E-state index in [1.807, 2.05) is 4.90 Å². The summed E-state index contributed by atoms with van der Waals surface area (Å²) in [5.41, 5.74) is 2.57. The van der Waals surface area contributed by atoms with Gasteiger partial charge in [-0.25, -0.2) is 0 Å². The largest absolute Gasteiger partial charge is 0.343 e. The number of benzene rings is 1. The molecule has 1 aromatic carbocycles. The van der Waals surface area contributed by atoms with Gasteiger partial charge in [0.15, 0.2) is 0 Å². The van der Waals surface area contributed by atoms with E-state index >= 15 is 0 Å². The number of nitrogens with zero attached hydrogens (tertiary/aromatic N) is 1. The molecule has 3 aliphatic rings. The Kier molecular flexibility index (Phi) is 8.61. The van der Waals surface area contributed by atoms with E-state index in [-0.39, 0.29) is 40.7 Å². The third-order valence-corrected chi connectivity index (χ3v) is 10.3. The fourth-order valence-electron chi connectivity index (χ4n) is 5.58. The molecule has 0 radical (unpaired) electrons. The minimum absolute atomic E-state index is 0.0293. The van der Waals surface area contributed by atoms with Gasteiger partial charge in [0.25, 0.3) is 0 Å². The highest BCUT2D eigenvalue weighted by Gasteiger charge is 2.51. The van der Waals surface area contributed by atoms with Crippen LogP contribution in [0.2, 0.25) is 0 Å². The lowest BCUT2D eigenvalue weighted by molar-refractivity contribution is -0.138. The third-order valence-electron chi connectivity index (χ3n) is 7.86. The minimum atomic E-state index is -1.11. The van der Waals surface area contributed by atoms with Crippen molar-refractivity contribution in [2.75, 3.05) is 24.4 Å². The molecule has 7 nitrogen and oxygen atoms in total. The summed E-state index contributed by atoms with van der Waals surface area (Å²) in [7, 11) is 0.622. The number of hydrogen-bond donors (Lipinski definition) is 3. The van der Waals surface area contributed by atoms with Crippen LogP contribution in [0.4, 0.5) is 0 Å². The summed E-state index contributed by atoms with van der Waals surface area (Å²) in [5.74, 6) is 1.50. The monoisotopic (exact) mass is 520 g/mol. The zero-order valence-electron chi connectivity index (χ0n) is 21.3. The highest BCUT2D eigenvalue weighted by Crippen LogP contribution is 2.46. The lowest BCUT2D eigenvalue weighted by atomic mass is 9.85. The van der Waals surface area contributed by atoms with Gasteiger partial charge in [-0.2, -0.15) is 0 Å². The highest BCUT2D eigenvalue weighted by molar-refractivity contribution is 7.99. The Balaban J connectivity index is 1.43. The Bertz CT molecular complexity index is 956. The Labute approximate surface area is 216 Å². The van der Waals surface area contributed by atoms with Crippen molar-refractivity contribution in [3.05, 3.63) is 35.4 Å². The van der Waals surface area contributed by atoms with Crippen LogP contribution in [-0.2, 0) is 26.8 Å². The molecular formula is C26H40N4O3S2. The topological polar surface area (TPSA) is 90.5 Å². The summed E-state index contributed by atoms with van der Waals surface area (Å²) < 4.78 is 13.3. The summed E-state index contributed by atoms with van der Waals surface area (Å²) in [6.07, 6.45) is 4.80. The van der Waals surface area contributed by atoms with E-state index in [4.69, 9.17) is 0 Å². The van der Waals surface area contributed by atoms with Crippen molar-refractivity contribution in [3.63, 3.8) is 0 Å². The molecule has 2 saturated heterocycles. The Morgan fingerprint density at radius 1 is 1.26 bits per heavy atom. The Morgan fingerprint density at radius 2 is 2.03 bits per heavy atom. The molecule has 2 heterocycles. The molecule has 0 saturated carbocycles. The lowest BCUT2D eigenvalue weighted by Gasteiger charge is -2.35. The van der Waals surface area contributed by atoms with Gasteiger partial charge in [0.05, 0.1) is 17.3 Å². The standard InChI is InChI=1S/C26H40N4O3S2/c1-17(27-4)24(31)29-21-12-13-34-23-14-26(2,3)22(30(23)25(21)32)15-35(33)16-28-20-11-7-9-18-8-5-6-10-19(18)20/h5-6,8,10,17,20-23,27-28H,7,9,11-16H2,1-4H3,(H,29,31)/t17-,20+,21-,22?,23-,35?/m0/s1. The number of nitrogens with one attached hydrogen (secondary N) is 3. The van der Waals surface area contributed by atoms with Gasteiger partial charge in [0.1, 0.15) is 6.04 Å². The van der Waals surface area contributed by atoms with E-state index in [0.29, 0.717) is 18.1 Å². The van der Waals surface area contributed by atoms with E-state index in [1.165, 1.54) is 11.1 Å². The van der Waals surface area contributed by atoms with Crippen molar-refractivity contribution in [1.29, 1.82) is 0 Å². The fraction of sp³-hybridized carbons (Fsp3) is 0.692. The summed E-state index contributed by atoms with van der Waals surface area (Å²) in [6, 6.07) is 7.76. The van der Waals surface area contributed by atoms with Gasteiger partial charge in [-0.05, 0) is 68.4 Å². The van der Waals surface area contributed by atoms with Crippen LogP contribution in [0.5, 0.6) is 0 Å². The van der Waals surface area contributed by atoms with Gasteiger partial charge in [0.2, 0.25) is 11.8 Å². The molecule has 1 aromatic rings. The molecular weight excluding hydrogens is 480 g/mol. The van der Waals surface area contributed by atoms with E-state index < -0.39 is 16.8 Å². The van der Waals surface area contributed by atoms with E-state index in [1.54, 1.807) is 25.7 Å². The molecule has 2 fully saturated rings. The molecule has 194 valence electrons. The van der Waals surface area contributed by atoms with Crippen molar-refractivity contribution in [3.8, 4) is 0 Å². The molecule has 2 unspecified atom stereocenters. The maximum Gasteiger partial charge on any atom is 0.246 e. The van der Waals surface area contributed by atoms with Crippen LogP contribution in [0.1, 0.15) is 63.6 Å². The van der Waals surface area contributed by atoms with Gasteiger partial charge in [-0.1, -0.05) is 38.1 Å². The van der Waals surface area contributed by atoms with Crippen molar-refractivity contribution in [1.82, 2.24) is 20.9 Å². The van der Waals surface area contributed by atoms with Crippen molar-refractivity contribution < 1.29 is 13.8 Å². The number of carbonyl (C=O) groups excluding carboxylic acids is 2. The normalized spacial score (nSPS) is 29.6. The molecule has 6 atom stereocenters. The summed E-state index contributed by atoms with van der Waals surface area (Å²) in [4.78, 5) is 28.1. The first-order valence-corrected chi connectivity index (χ1v) is 15.3. The predicted octanol–water partition coefficient (Wildman–Crippen LogP) is 2.54. The molecule has 0 bridgehead atoms. The number of hydrogen-bond acceptors (Lipinski definition) is 6. The average molecular weight is 521 g/mol. The summed E-state index contributed by atoms with van der Waals surface area (Å²) in [6.45, 7) is 6.15. The van der Waals surface area contributed by atoms with E-state index in [2.05, 4.69) is 54.1 Å².